The molecule has 1 N–H and O–H groups in total. The summed E-state index contributed by atoms with van der Waals surface area (Å²) >= 11 is 3.48. The summed E-state index contributed by atoms with van der Waals surface area (Å²) in [6.45, 7) is 0. The molecule has 1 aromatic heterocycles. The third-order valence-corrected chi connectivity index (χ3v) is 4.26. The first-order chi connectivity index (χ1) is 7.20. The van der Waals surface area contributed by atoms with Crippen LogP contribution in [0.4, 0.5) is 0 Å². The van der Waals surface area contributed by atoms with Gasteiger partial charge < -0.3 is 5.11 Å². The van der Waals surface area contributed by atoms with E-state index >= 15 is 0 Å². The second kappa shape index (κ2) is 3.04. The van der Waals surface area contributed by atoms with E-state index in [0.717, 1.165) is 22.9 Å². The minimum atomic E-state index is -0.655. The first-order valence-electron chi connectivity index (χ1n) is 5.05. The Morgan fingerprint density at radius 2 is 2.33 bits per heavy atom. The van der Waals surface area contributed by atoms with E-state index in [1.165, 1.54) is 5.56 Å². The number of carboxylic acids is 1. The Morgan fingerprint density at radius 1 is 1.53 bits per heavy atom. The van der Waals surface area contributed by atoms with Crippen molar-refractivity contribution in [1.82, 2.24) is 4.98 Å². The van der Waals surface area contributed by atoms with Gasteiger partial charge in [-0.15, -0.1) is 0 Å². The zero-order valence-corrected chi connectivity index (χ0v) is 9.57. The topological polar surface area (TPSA) is 50.2 Å². The molecule has 3 nitrogen and oxygen atoms in total. The van der Waals surface area contributed by atoms with Crippen molar-refractivity contribution in [3.05, 3.63) is 28.0 Å². The highest BCUT2D eigenvalue weighted by Gasteiger charge is 2.57. The van der Waals surface area contributed by atoms with Gasteiger partial charge in [-0.1, -0.05) is 0 Å². The lowest BCUT2D eigenvalue weighted by Gasteiger charge is -2.14. The predicted molar refractivity (Wildman–Crippen MR) is 57.6 cm³/mol. The quantitative estimate of drug-likeness (QED) is 0.849. The summed E-state index contributed by atoms with van der Waals surface area (Å²) in [5, 5.41) is 9.05. The van der Waals surface area contributed by atoms with Gasteiger partial charge in [0.15, 0.2) is 0 Å². The van der Waals surface area contributed by atoms with Crippen LogP contribution in [0.15, 0.2) is 16.9 Å². The van der Waals surface area contributed by atoms with Crippen molar-refractivity contribution in [2.75, 3.05) is 0 Å². The Labute approximate surface area is 95.7 Å². The number of fused-ring (bicyclic) bond motifs is 3. The van der Waals surface area contributed by atoms with Crippen LogP contribution >= 0.6 is 15.9 Å². The normalized spacial score (nSPS) is 31.7. The molecular weight excluding hydrogens is 258 g/mol. The summed E-state index contributed by atoms with van der Waals surface area (Å²) in [5.74, 6) is -0.248. The molecule has 1 aromatic rings. The molecule has 0 bridgehead atoms. The summed E-state index contributed by atoms with van der Waals surface area (Å²) in [6.07, 6.45) is 5.60. The monoisotopic (exact) mass is 267 g/mol. The highest BCUT2D eigenvalue weighted by Crippen LogP contribution is 2.60. The van der Waals surface area contributed by atoms with Crippen molar-refractivity contribution in [2.45, 2.75) is 18.8 Å². The van der Waals surface area contributed by atoms with Crippen LogP contribution in [-0.2, 0) is 11.2 Å². The van der Waals surface area contributed by atoms with Crippen molar-refractivity contribution in [1.29, 1.82) is 0 Å². The molecular formula is C11H10BrNO2. The van der Waals surface area contributed by atoms with Crippen molar-refractivity contribution in [3.8, 4) is 0 Å². The zero-order valence-electron chi connectivity index (χ0n) is 7.98. The summed E-state index contributed by atoms with van der Waals surface area (Å²) in [5.41, 5.74) is 2.41. The molecule has 0 amide bonds. The van der Waals surface area contributed by atoms with Gasteiger partial charge in [0.05, 0.1) is 5.92 Å². The van der Waals surface area contributed by atoms with Gasteiger partial charge in [-0.3, -0.25) is 9.78 Å². The highest BCUT2D eigenvalue weighted by molar-refractivity contribution is 9.10. The molecule has 2 aliphatic carbocycles. The molecule has 3 atom stereocenters. The maximum atomic E-state index is 11.0. The van der Waals surface area contributed by atoms with E-state index in [9.17, 15) is 4.79 Å². The summed E-state index contributed by atoms with van der Waals surface area (Å²) in [6, 6.07) is 0. The SMILES string of the molecule is O=C(O)C1C2CCc3c(Br)cncc3C21. The van der Waals surface area contributed by atoms with E-state index in [1.54, 1.807) is 6.20 Å². The van der Waals surface area contributed by atoms with E-state index in [4.69, 9.17) is 5.11 Å². The Morgan fingerprint density at radius 3 is 3.07 bits per heavy atom. The molecule has 78 valence electrons. The first-order valence-corrected chi connectivity index (χ1v) is 5.84. The molecule has 1 heterocycles. The van der Waals surface area contributed by atoms with Gasteiger partial charge >= 0.3 is 5.97 Å². The molecule has 1 saturated carbocycles. The standard InChI is InChI=1S/C11H10BrNO2/c12-8-4-13-3-7-5(8)1-2-6-9(7)10(6)11(14)15/h3-4,6,9-10H,1-2H2,(H,14,15). The van der Waals surface area contributed by atoms with Crippen LogP contribution in [0.1, 0.15) is 23.5 Å². The largest absolute Gasteiger partial charge is 0.481 e. The number of halogens is 1. The number of carboxylic acid groups (broad SMARTS) is 1. The van der Waals surface area contributed by atoms with Crippen LogP contribution < -0.4 is 0 Å². The number of hydrogen-bond donors (Lipinski definition) is 1. The van der Waals surface area contributed by atoms with Crippen LogP contribution in [0.5, 0.6) is 0 Å². The third kappa shape index (κ3) is 1.24. The molecule has 0 spiro atoms. The number of pyridine rings is 1. The van der Waals surface area contributed by atoms with Crippen LogP contribution in [0.3, 0.4) is 0 Å². The molecule has 1 fully saturated rings. The lowest BCUT2D eigenvalue weighted by molar-refractivity contribution is -0.138. The fraction of sp³-hybridized carbons (Fsp3) is 0.455. The fourth-order valence-corrected chi connectivity index (χ4v) is 3.38. The van der Waals surface area contributed by atoms with Crippen LogP contribution in [-0.4, -0.2) is 16.1 Å². The van der Waals surface area contributed by atoms with Gasteiger partial charge in [0.1, 0.15) is 0 Å². The number of aliphatic carboxylic acids is 1. The van der Waals surface area contributed by atoms with E-state index in [-0.39, 0.29) is 11.8 Å². The minimum absolute atomic E-state index is 0.164. The number of aromatic nitrogens is 1. The Bertz CT molecular complexity index is 446. The molecule has 0 aliphatic heterocycles. The van der Waals surface area contributed by atoms with Gasteiger partial charge in [-0.05, 0) is 45.8 Å². The van der Waals surface area contributed by atoms with Gasteiger partial charge in [0.2, 0.25) is 0 Å². The van der Waals surface area contributed by atoms with Gasteiger partial charge in [0, 0.05) is 22.8 Å². The Kier molecular flexibility index (Phi) is 1.89. The van der Waals surface area contributed by atoms with Crippen molar-refractivity contribution >= 4 is 21.9 Å². The Hall–Kier alpha value is -0.900. The van der Waals surface area contributed by atoms with E-state index in [1.807, 2.05) is 6.20 Å². The lowest BCUT2D eigenvalue weighted by atomic mass is 9.94. The number of carbonyl (C=O) groups is 1. The van der Waals surface area contributed by atoms with Crippen molar-refractivity contribution in [2.24, 2.45) is 11.8 Å². The van der Waals surface area contributed by atoms with Crippen LogP contribution in [0.2, 0.25) is 0 Å². The summed E-state index contributed by atoms with van der Waals surface area (Å²) in [4.78, 5) is 15.1. The van der Waals surface area contributed by atoms with Gasteiger partial charge in [-0.2, -0.15) is 0 Å². The highest BCUT2D eigenvalue weighted by atomic mass is 79.9. The summed E-state index contributed by atoms with van der Waals surface area (Å²) in [7, 11) is 0. The summed E-state index contributed by atoms with van der Waals surface area (Å²) < 4.78 is 1.02. The molecule has 4 heteroatoms. The first kappa shape index (κ1) is 9.33. The zero-order chi connectivity index (χ0) is 10.6. The number of nitrogens with zero attached hydrogens (tertiary/aromatic N) is 1. The van der Waals surface area contributed by atoms with Crippen molar-refractivity contribution < 1.29 is 9.90 Å². The second-order valence-corrected chi connectivity index (χ2v) is 5.14. The molecule has 15 heavy (non-hydrogen) atoms. The maximum absolute atomic E-state index is 11.0. The lowest BCUT2D eigenvalue weighted by Crippen LogP contribution is -2.03. The predicted octanol–water partition coefficient (Wildman–Crippen LogP) is 2.20. The molecule has 0 aromatic carbocycles. The molecule has 3 rings (SSSR count). The maximum Gasteiger partial charge on any atom is 0.307 e. The van der Waals surface area contributed by atoms with Gasteiger partial charge in [0.25, 0.3) is 0 Å². The van der Waals surface area contributed by atoms with E-state index < -0.39 is 5.97 Å². The second-order valence-electron chi connectivity index (χ2n) is 4.28. The molecule has 0 saturated heterocycles. The average Bonchev–Trinajstić information content (AvgIpc) is 2.92. The third-order valence-electron chi connectivity index (χ3n) is 3.58. The van der Waals surface area contributed by atoms with Crippen molar-refractivity contribution in [3.63, 3.8) is 0 Å². The van der Waals surface area contributed by atoms with E-state index in [2.05, 4.69) is 20.9 Å². The molecule has 0 radical (unpaired) electrons. The number of hydrogen-bond acceptors (Lipinski definition) is 2. The molecule has 2 aliphatic rings. The number of rotatable bonds is 1. The minimum Gasteiger partial charge on any atom is -0.481 e. The van der Waals surface area contributed by atoms with E-state index in [0.29, 0.717) is 5.92 Å². The fourth-order valence-electron chi connectivity index (χ4n) is 2.83. The Balaban J connectivity index is 2.04. The molecule has 3 unspecified atom stereocenters. The van der Waals surface area contributed by atoms with Crippen LogP contribution in [0, 0.1) is 11.8 Å². The van der Waals surface area contributed by atoms with Gasteiger partial charge in [-0.25, -0.2) is 0 Å². The average molecular weight is 268 g/mol. The van der Waals surface area contributed by atoms with Crippen LogP contribution in [0.25, 0.3) is 0 Å². The smallest absolute Gasteiger partial charge is 0.307 e.